The lowest BCUT2D eigenvalue weighted by atomic mass is 10.2. The highest BCUT2D eigenvalue weighted by Crippen LogP contribution is 2.23. The Labute approximate surface area is 103 Å². The summed E-state index contributed by atoms with van der Waals surface area (Å²) in [5, 5.41) is 13.1. The number of ether oxygens (including phenoxy) is 1. The Balaban J connectivity index is 2.82. The smallest absolute Gasteiger partial charge is 0.303 e. The Morgan fingerprint density at radius 2 is 2.00 bits per heavy atom. The third-order valence-corrected chi connectivity index (χ3v) is 2.07. The van der Waals surface area contributed by atoms with Gasteiger partial charge in [0.2, 0.25) is 0 Å². The van der Waals surface area contributed by atoms with Crippen LogP contribution in [0.15, 0.2) is 24.3 Å². The third kappa shape index (κ3) is 3.55. The molecule has 0 aliphatic carbocycles. The van der Waals surface area contributed by atoms with Crippen LogP contribution < -0.4 is 5.32 Å². The molecule has 0 aliphatic rings. The molecule has 18 heavy (non-hydrogen) atoms. The molecule has 1 atom stereocenters. The fourth-order valence-corrected chi connectivity index (χ4v) is 1.28. The van der Waals surface area contributed by atoms with E-state index in [1.807, 2.05) is 0 Å². The largest absolute Gasteiger partial charge is 0.453 e. The van der Waals surface area contributed by atoms with Gasteiger partial charge in [-0.15, -0.1) is 0 Å². The van der Waals surface area contributed by atoms with Crippen molar-refractivity contribution in [3.63, 3.8) is 0 Å². The van der Waals surface area contributed by atoms with E-state index in [-0.39, 0.29) is 11.4 Å². The standard InChI is InChI=1S/C11H12N2O5/c1-7(18-8(2)14)11(15)12-9-5-3-4-6-10(9)13(16)17/h3-7H,1-2H3,(H,12,15)/t7-/m1/s1. The number of anilines is 1. The van der Waals surface area contributed by atoms with Crippen molar-refractivity contribution in [2.24, 2.45) is 0 Å². The van der Waals surface area contributed by atoms with Gasteiger partial charge in [0.15, 0.2) is 6.10 Å². The molecule has 1 amide bonds. The summed E-state index contributed by atoms with van der Waals surface area (Å²) in [6.45, 7) is 2.56. The van der Waals surface area contributed by atoms with Crippen molar-refractivity contribution < 1.29 is 19.2 Å². The lowest BCUT2D eigenvalue weighted by Gasteiger charge is -2.12. The topological polar surface area (TPSA) is 98.5 Å². The summed E-state index contributed by atoms with van der Waals surface area (Å²) in [4.78, 5) is 32.4. The number of para-hydroxylation sites is 2. The summed E-state index contributed by atoms with van der Waals surface area (Å²) in [6, 6.07) is 5.71. The van der Waals surface area contributed by atoms with Crippen LogP contribution in [0.1, 0.15) is 13.8 Å². The number of hydrogen-bond acceptors (Lipinski definition) is 5. The van der Waals surface area contributed by atoms with Gasteiger partial charge < -0.3 is 10.1 Å². The van der Waals surface area contributed by atoms with Crippen LogP contribution in [-0.4, -0.2) is 22.9 Å². The molecule has 0 saturated carbocycles. The van der Waals surface area contributed by atoms with Gasteiger partial charge in [0.25, 0.3) is 11.6 Å². The van der Waals surface area contributed by atoms with Crippen LogP contribution in [0.3, 0.4) is 0 Å². The van der Waals surface area contributed by atoms with Crippen LogP contribution in [0.4, 0.5) is 11.4 Å². The van der Waals surface area contributed by atoms with Crippen LogP contribution in [0.5, 0.6) is 0 Å². The highest BCUT2D eigenvalue weighted by molar-refractivity contribution is 5.96. The predicted octanol–water partition coefficient (Wildman–Crippen LogP) is 1.48. The van der Waals surface area contributed by atoms with Gasteiger partial charge in [0, 0.05) is 13.0 Å². The number of benzene rings is 1. The van der Waals surface area contributed by atoms with E-state index in [0.29, 0.717) is 0 Å². The van der Waals surface area contributed by atoms with Gasteiger partial charge in [-0.25, -0.2) is 0 Å². The number of esters is 1. The van der Waals surface area contributed by atoms with Crippen molar-refractivity contribution in [1.82, 2.24) is 0 Å². The van der Waals surface area contributed by atoms with Crippen molar-refractivity contribution >= 4 is 23.3 Å². The molecule has 1 N–H and O–H groups in total. The van der Waals surface area contributed by atoms with Crippen molar-refractivity contribution in [3.8, 4) is 0 Å². The molecule has 0 aromatic heterocycles. The minimum Gasteiger partial charge on any atom is -0.453 e. The molecular weight excluding hydrogens is 240 g/mol. The first-order valence-corrected chi connectivity index (χ1v) is 5.13. The number of hydrogen-bond donors (Lipinski definition) is 1. The van der Waals surface area contributed by atoms with Gasteiger partial charge >= 0.3 is 5.97 Å². The maximum Gasteiger partial charge on any atom is 0.303 e. The second-order valence-corrected chi connectivity index (χ2v) is 3.52. The molecule has 1 aromatic rings. The Hall–Kier alpha value is -2.44. The molecule has 0 unspecified atom stereocenters. The van der Waals surface area contributed by atoms with Gasteiger partial charge in [-0.3, -0.25) is 19.7 Å². The number of nitro groups is 1. The molecule has 0 bridgehead atoms. The number of amides is 1. The van der Waals surface area contributed by atoms with Gasteiger partial charge in [-0.1, -0.05) is 12.1 Å². The average molecular weight is 252 g/mol. The summed E-state index contributed by atoms with van der Waals surface area (Å²) in [6.07, 6.45) is -1.01. The van der Waals surface area contributed by atoms with Gasteiger partial charge in [-0.05, 0) is 13.0 Å². The van der Waals surface area contributed by atoms with Crippen molar-refractivity contribution in [2.75, 3.05) is 5.32 Å². The van der Waals surface area contributed by atoms with E-state index < -0.39 is 22.9 Å². The Morgan fingerprint density at radius 3 is 2.56 bits per heavy atom. The quantitative estimate of drug-likeness (QED) is 0.497. The molecule has 0 saturated heterocycles. The maximum absolute atomic E-state index is 11.6. The van der Waals surface area contributed by atoms with Gasteiger partial charge in [0.05, 0.1) is 4.92 Å². The Morgan fingerprint density at radius 1 is 1.39 bits per heavy atom. The number of nitrogens with zero attached hydrogens (tertiary/aromatic N) is 1. The molecule has 0 radical (unpaired) electrons. The highest BCUT2D eigenvalue weighted by atomic mass is 16.6. The third-order valence-electron chi connectivity index (χ3n) is 2.07. The molecule has 0 fully saturated rings. The van der Waals surface area contributed by atoms with Crippen LogP contribution in [0.2, 0.25) is 0 Å². The van der Waals surface area contributed by atoms with E-state index in [1.165, 1.54) is 32.0 Å². The number of rotatable bonds is 4. The predicted molar refractivity (Wildman–Crippen MR) is 63.0 cm³/mol. The molecule has 96 valence electrons. The first-order valence-electron chi connectivity index (χ1n) is 5.13. The first kappa shape index (κ1) is 13.6. The minimum absolute atomic E-state index is 0.0616. The summed E-state index contributed by atoms with van der Waals surface area (Å²) in [7, 11) is 0. The molecule has 1 rings (SSSR count). The zero-order valence-corrected chi connectivity index (χ0v) is 9.88. The lowest BCUT2D eigenvalue weighted by Crippen LogP contribution is -2.29. The first-order chi connectivity index (χ1) is 8.41. The molecule has 7 nitrogen and oxygen atoms in total. The Kier molecular flexibility index (Phi) is 4.36. The van der Waals surface area contributed by atoms with Crippen LogP contribution in [0.25, 0.3) is 0 Å². The van der Waals surface area contributed by atoms with Crippen molar-refractivity contribution in [1.29, 1.82) is 0 Å². The molecule has 0 aliphatic heterocycles. The van der Waals surface area contributed by atoms with Crippen LogP contribution >= 0.6 is 0 Å². The maximum atomic E-state index is 11.6. The summed E-state index contributed by atoms with van der Waals surface area (Å²) >= 11 is 0. The van der Waals surface area contributed by atoms with Crippen LogP contribution in [-0.2, 0) is 14.3 Å². The van der Waals surface area contributed by atoms with E-state index in [1.54, 1.807) is 6.07 Å². The van der Waals surface area contributed by atoms with Crippen molar-refractivity contribution in [2.45, 2.75) is 20.0 Å². The Bertz CT molecular complexity index is 486. The summed E-state index contributed by atoms with van der Waals surface area (Å²) in [5.74, 6) is -1.22. The number of carbonyl (C=O) groups excluding carboxylic acids is 2. The zero-order valence-electron chi connectivity index (χ0n) is 9.88. The summed E-state index contributed by atoms with van der Waals surface area (Å²) in [5.41, 5.74) is -0.160. The van der Waals surface area contributed by atoms with Crippen molar-refractivity contribution in [3.05, 3.63) is 34.4 Å². The normalized spacial score (nSPS) is 11.4. The lowest BCUT2D eigenvalue weighted by molar-refractivity contribution is -0.383. The number of carbonyl (C=O) groups is 2. The monoisotopic (exact) mass is 252 g/mol. The van der Waals surface area contributed by atoms with E-state index >= 15 is 0 Å². The SMILES string of the molecule is CC(=O)O[C@H](C)C(=O)Nc1ccccc1[N+](=O)[O-]. The average Bonchev–Trinajstić information content (AvgIpc) is 2.28. The molecular formula is C11H12N2O5. The second-order valence-electron chi connectivity index (χ2n) is 3.52. The highest BCUT2D eigenvalue weighted by Gasteiger charge is 2.20. The fourth-order valence-electron chi connectivity index (χ4n) is 1.28. The summed E-state index contributed by atoms with van der Waals surface area (Å²) < 4.78 is 4.66. The molecule has 0 heterocycles. The van der Waals surface area contributed by atoms with E-state index in [9.17, 15) is 19.7 Å². The zero-order chi connectivity index (χ0) is 13.7. The van der Waals surface area contributed by atoms with E-state index in [4.69, 9.17) is 0 Å². The van der Waals surface area contributed by atoms with Gasteiger partial charge in [0.1, 0.15) is 5.69 Å². The van der Waals surface area contributed by atoms with Gasteiger partial charge in [-0.2, -0.15) is 0 Å². The van der Waals surface area contributed by atoms with Crippen LogP contribution in [0, 0.1) is 10.1 Å². The van der Waals surface area contributed by atoms with E-state index in [2.05, 4.69) is 10.1 Å². The second kappa shape index (κ2) is 5.76. The van der Waals surface area contributed by atoms with E-state index in [0.717, 1.165) is 0 Å². The minimum atomic E-state index is -1.01. The molecule has 1 aromatic carbocycles. The molecule has 7 heteroatoms. The number of nitro benzene ring substituents is 1. The number of nitrogens with one attached hydrogen (secondary N) is 1. The fraction of sp³-hybridized carbons (Fsp3) is 0.273. The molecule has 0 spiro atoms.